The third-order valence-electron chi connectivity index (χ3n) is 3.88. The average molecular weight is 261 g/mol. The summed E-state index contributed by atoms with van der Waals surface area (Å²) in [6.07, 6.45) is 2.87. The molecule has 0 spiro atoms. The molecule has 2 atom stereocenters. The van der Waals surface area contributed by atoms with Crippen LogP contribution >= 0.6 is 0 Å². The third-order valence-corrected chi connectivity index (χ3v) is 3.88. The summed E-state index contributed by atoms with van der Waals surface area (Å²) in [5.74, 6) is 0.885. The number of nitrogen functional groups attached to an aromatic ring is 1. The van der Waals surface area contributed by atoms with Gasteiger partial charge in [-0.15, -0.1) is 0 Å². The number of nitrogens with zero attached hydrogens (tertiary/aromatic N) is 1. The SMILES string of the molecule is COc1ccc(C(=N)N)c(N2CC3CCC(C2)O3)c1. The first kappa shape index (κ1) is 12.3. The van der Waals surface area contributed by atoms with Crippen molar-refractivity contribution < 1.29 is 9.47 Å². The Kier molecular flexibility index (Phi) is 3.06. The predicted molar refractivity (Wildman–Crippen MR) is 74.1 cm³/mol. The largest absolute Gasteiger partial charge is 0.497 e. The molecule has 3 N–H and O–H groups in total. The van der Waals surface area contributed by atoms with Crippen molar-refractivity contribution in [3.05, 3.63) is 23.8 Å². The molecule has 0 radical (unpaired) electrons. The summed E-state index contributed by atoms with van der Waals surface area (Å²) in [5.41, 5.74) is 7.43. The van der Waals surface area contributed by atoms with Crippen LogP contribution in [-0.4, -0.2) is 38.2 Å². The summed E-state index contributed by atoms with van der Waals surface area (Å²) < 4.78 is 11.1. The normalized spacial score (nSPS) is 25.4. The average Bonchev–Trinajstić information content (AvgIpc) is 2.76. The molecule has 2 aliphatic rings. The summed E-state index contributed by atoms with van der Waals surface area (Å²) >= 11 is 0. The van der Waals surface area contributed by atoms with Gasteiger partial charge in [0.1, 0.15) is 11.6 Å². The van der Waals surface area contributed by atoms with Crippen LogP contribution in [0.3, 0.4) is 0 Å². The molecule has 0 aliphatic carbocycles. The maximum absolute atomic E-state index is 7.72. The second kappa shape index (κ2) is 4.74. The fourth-order valence-electron chi connectivity index (χ4n) is 2.94. The van der Waals surface area contributed by atoms with Crippen LogP contribution in [0.5, 0.6) is 5.75 Å². The van der Waals surface area contributed by atoms with E-state index in [1.807, 2.05) is 18.2 Å². The number of hydrogen-bond acceptors (Lipinski definition) is 4. The van der Waals surface area contributed by atoms with Gasteiger partial charge in [-0.05, 0) is 25.0 Å². The number of benzene rings is 1. The Hall–Kier alpha value is -1.75. The van der Waals surface area contributed by atoms with Crippen molar-refractivity contribution in [3.8, 4) is 5.75 Å². The zero-order chi connectivity index (χ0) is 13.4. The second-order valence-electron chi connectivity index (χ2n) is 5.16. The van der Waals surface area contributed by atoms with Crippen LogP contribution in [0.2, 0.25) is 0 Å². The zero-order valence-corrected chi connectivity index (χ0v) is 11.1. The molecule has 2 fully saturated rings. The van der Waals surface area contributed by atoms with Crippen LogP contribution in [0.15, 0.2) is 18.2 Å². The van der Waals surface area contributed by atoms with Gasteiger partial charge in [0.2, 0.25) is 0 Å². The number of hydrogen-bond donors (Lipinski definition) is 2. The fourth-order valence-corrected chi connectivity index (χ4v) is 2.94. The predicted octanol–water partition coefficient (Wildman–Crippen LogP) is 1.35. The number of amidine groups is 1. The van der Waals surface area contributed by atoms with E-state index in [0.717, 1.165) is 42.9 Å². The van der Waals surface area contributed by atoms with E-state index < -0.39 is 0 Å². The lowest BCUT2D eigenvalue weighted by molar-refractivity contribution is 0.0305. The first-order valence-corrected chi connectivity index (χ1v) is 6.60. The van der Waals surface area contributed by atoms with Crippen molar-refractivity contribution >= 4 is 11.5 Å². The Balaban J connectivity index is 1.95. The van der Waals surface area contributed by atoms with Gasteiger partial charge >= 0.3 is 0 Å². The molecule has 2 aliphatic heterocycles. The molecule has 2 unspecified atom stereocenters. The van der Waals surface area contributed by atoms with Gasteiger partial charge in [-0.2, -0.15) is 0 Å². The van der Waals surface area contributed by atoms with E-state index in [0.29, 0.717) is 12.2 Å². The van der Waals surface area contributed by atoms with Crippen LogP contribution < -0.4 is 15.4 Å². The highest BCUT2D eigenvalue weighted by Crippen LogP contribution is 2.33. The van der Waals surface area contributed by atoms with Gasteiger partial charge in [0.15, 0.2) is 0 Å². The minimum atomic E-state index is 0.0940. The standard InChI is InChI=1S/C14H19N3O2/c1-18-9-4-5-12(14(15)16)13(6-9)17-7-10-2-3-11(8-17)19-10/h4-6,10-11H,2-3,7-8H2,1H3,(H3,15,16). The number of nitrogens with two attached hydrogens (primary N) is 1. The smallest absolute Gasteiger partial charge is 0.124 e. The van der Waals surface area contributed by atoms with E-state index in [2.05, 4.69) is 4.90 Å². The summed E-state index contributed by atoms with van der Waals surface area (Å²) in [4.78, 5) is 2.27. The van der Waals surface area contributed by atoms with Crippen molar-refractivity contribution in [3.63, 3.8) is 0 Å². The molecule has 5 heteroatoms. The molecule has 0 saturated carbocycles. The topological polar surface area (TPSA) is 71.6 Å². The van der Waals surface area contributed by atoms with Crippen molar-refractivity contribution in [1.29, 1.82) is 5.41 Å². The maximum Gasteiger partial charge on any atom is 0.124 e. The Morgan fingerprint density at radius 1 is 1.37 bits per heavy atom. The minimum Gasteiger partial charge on any atom is -0.497 e. The van der Waals surface area contributed by atoms with Gasteiger partial charge in [-0.25, -0.2) is 0 Å². The number of methoxy groups -OCH3 is 1. The third kappa shape index (κ3) is 2.26. The summed E-state index contributed by atoms with van der Waals surface area (Å²) in [5, 5.41) is 7.72. The van der Waals surface area contributed by atoms with Crippen LogP contribution in [0.1, 0.15) is 18.4 Å². The summed E-state index contributed by atoms with van der Waals surface area (Å²) in [7, 11) is 1.65. The maximum atomic E-state index is 7.72. The molecule has 102 valence electrons. The molecular formula is C14H19N3O2. The highest BCUT2D eigenvalue weighted by atomic mass is 16.5. The lowest BCUT2D eigenvalue weighted by Gasteiger charge is -2.35. The molecule has 2 saturated heterocycles. The molecule has 3 rings (SSSR count). The quantitative estimate of drug-likeness (QED) is 0.636. The van der Waals surface area contributed by atoms with Crippen molar-refractivity contribution in [2.24, 2.45) is 5.73 Å². The highest BCUT2D eigenvalue weighted by molar-refractivity contribution is 6.00. The molecule has 19 heavy (non-hydrogen) atoms. The summed E-state index contributed by atoms with van der Waals surface area (Å²) in [6.45, 7) is 1.73. The second-order valence-corrected chi connectivity index (χ2v) is 5.16. The molecule has 1 aromatic carbocycles. The van der Waals surface area contributed by atoms with Crippen LogP contribution in [-0.2, 0) is 4.74 Å². The molecular weight excluding hydrogens is 242 g/mol. The van der Waals surface area contributed by atoms with Crippen molar-refractivity contribution in [2.45, 2.75) is 25.0 Å². The fraction of sp³-hybridized carbons (Fsp3) is 0.500. The van der Waals surface area contributed by atoms with E-state index in [1.54, 1.807) is 7.11 Å². The first-order valence-electron chi connectivity index (χ1n) is 6.60. The highest BCUT2D eigenvalue weighted by Gasteiger charge is 2.34. The van der Waals surface area contributed by atoms with Crippen molar-refractivity contribution in [1.82, 2.24) is 0 Å². The molecule has 2 heterocycles. The van der Waals surface area contributed by atoms with Crippen LogP contribution in [0, 0.1) is 5.41 Å². The molecule has 0 amide bonds. The Morgan fingerprint density at radius 2 is 2.05 bits per heavy atom. The number of nitrogens with one attached hydrogen (secondary N) is 1. The van der Waals surface area contributed by atoms with Gasteiger partial charge < -0.3 is 20.1 Å². The first-order chi connectivity index (χ1) is 9.17. The van der Waals surface area contributed by atoms with Crippen LogP contribution in [0.25, 0.3) is 0 Å². The van der Waals surface area contributed by atoms with E-state index in [4.69, 9.17) is 20.6 Å². The number of morpholine rings is 1. The monoisotopic (exact) mass is 261 g/mol. The van der Waals surface area contributed by atoms with E-state index in [-0.39, 0.29) is 5.84 Å². The lowest BCUT2D eigenvalue weighted by Crippen LogP contribution is -2.43. The van der Waals surface area contributed by atoms with Crippen LogP contribution in [0.4, 0.5) is 5.69 Å². The number of rotatable bonds is 3. The summed E-state index contributed by atoms with van der Waals surface area (Å²) in [6, 6.07) is 5.66. The minimum absolute atomic E-state index is 0.0940. The molecule has 5 nitrogen and oxygen atoms in total. The molecule has 1 aromatic rings. The Labute approximate surface area is 112 Å². The molecule has 2 bridgehead atoms. The number of fused-ring (bicyclic) bond motifs is 2. The van der Waals surface area contributed by atoms with Gasteiger partial charge in [-0.3, -0.25) is 5.41 Å². The van der Waals surface area contributed by atoms with E-state index in [1.165, 1.54) is 0 Å². The Bertz CT molecular complexity index is 491. The van der Waals surface area contributed by atoms with Gasteiger partial charge in [0, 0.05) is 24.7 Å². The number of ether oxygens (including phenoxy) is 2. The lowest BCUT2D eigenvalue weighted by atomic mass is 10.1. The van der Waals surface area contributed by atoms with Crippen molar-refractivity contribution in [2.75, 3.05) is 25.1 Å². The molecule has 0 aromatic heterocycles. The van der Waals surface area contributed by atoms with E-state index >= 15 is 0 Å². The Morgan fingerprint density at radius 3 is 2.63 bits per heavy atom. The number of anilines is 1. The van der Waals surface area contributed by atoms with Gasteiger partial charge in [0.25, 0.3) is 0 Å². The van der Waals surface area contributed by atoms with Gasteiger partial charge in [-0.1, -0.05) is 0 Å². The van der Waals surface area contributed by atoms with Gasteiger partial charge in [0.05, 0.1) is 25.0 Å². The zero-order valence-electron chi connectivity index (χ0n) is 11.1. The van der Waals surface area contributed by atoms with E-state index in [9.17, 15) is 0 Å².